The molecule has 1 heterocycles. The number of carboxylic acid groups (broad SMARTS) is 1. The molecule has 1 saturated heterocycles. The summed E-state index contributed by atoms with van der Waals surface area (Å²) in [4.78, 5) is 14.4. The van der Waals surface area contributed by atoms with E-state index < -0.39 is 19.1 Å². The molecule has 0 bridgehead atoms. The predicted molar refractivity (Wildman–Crippen MR) is 132 cm³/mol. The summed E-state index contributed by atoms with van der Waals surface area (Å²) >= 11 is 0. The van der Waals surface area contributed by atoms with Crippen LogP contribution in [0.25, 0.3) is 0 Å². The minimum Gasteiger partial charge on any atom is -0.480 e. The largest absolute Gasteiger partial charge is 0.494 e. The van der Waals surface area contributed by atoms with E-state index in [4.69, 9.17) is 14.0 Å². The number of rotatable bonds is 9. The first-order chi connectivity index (χ1) is 15.3. The first-order valence-electron chi connectivity index (χ1n) is 12.4. The highest BCUT2D eigenvalue weighted by Gasteiger charge is 2.51. The highest BCUT2D eigenvalue weighted by Crippen LogP contribution is 2.36. The SMILES string of the molecule is CC(C)(C)OCC(C(=O)O)N(CCc1cccc(B2OC(C)(C)C(C)(C)O2)c1)C1CCCC1. The van der Waals surface area contributed by atoms with Crippen LogP contribution in [0.1, 0.15) is 79.7 Å². The fourth-order valence-corrected chi connectivity index (χ4v) is 4.60. The van der Waals surface area contributed by atoms with E-state index in [1.807, 2.05) is 32.9 Å². The molecule has 1 aromatic carbocycles. The lowest BCUT2D eigenvalue weighted by atomic mass is 9.78. The molecule has 3 rings (SSSR count). The number of hydrogen-bond donors (Lipinski definition) is 1. The molecule has 0 aromatic heterocycles. The summed E-state index contributed by atoms with van der Waals surface area (Å²) in [6, 6.07) is 7.96. The maximum atomic E-state index is 12.2. The molecule has 1 atom stereocenters. The molecule has 0 amide bonds. The van der Waals surface area contributed by atoms with E-state index in [1.54, 1.807) is 0 Å². The van der Waals surface area contributed by atoms with Crippen molar-refractivity contribution in [3.63, 3.8) is 0 Å². The van der Waals surface area contributed by atoms with Gasteiger partial charge in [0.05, 0.1) is 23.4 Å². The lowest BCUT2D eigenvalue weighted by Gasteiger charge is -2.35. The Hall–Kier alpha value is -1.41. The third kappa shape index (κ3) is 6.59. The Morgan fingerprint density at radius 1 is 1.18 bits per heavy atom. The second-order valence-corrected chi connectivity index (χ2v) is 11.5. The highest BCUT2D eigenvalue weighted by molar-refractivity contribution is 6.62. The number of carboxylic acids is 1. The highest BCUT2D eigenvalue weighted by atomic mass is 16.7. The van der Waals surface area contributed by atoms with Crippen molar-refractivity contribution in [1.29, 1.82) is 0 Å². The van der Waals surface area contributed by atoms with Crippen LogP contribution in [0.15, 0.2) is 24.3 Å². The van der Waals surface area contributed by atoms with Gasteiger partial charge in [-0.15, -0.1) is 0 Å². The van der Waals surface area contributed by atoms with E-state index in [-0.39, 0.29) is 23.4 Å². The minimum absolute atomic E-state index is 0.198. The predicted octanol–water partition coefficient (Wildman–Crippen LogP) is 4.04. The average molecular weight is 459 g/mol. The zero-order valence-corrected chi connectivity index (χ0v) is 21.5. The summed E-state index contributed by atoms with van der Waals surface area (Å²) in [7, 11) is -0.396. The van der Waals surface area contributed by atoms with E-state index >= 15 is 0 Å². The first-order valence-corrected chi connectivity index (χ1v) is 12.4. The van der Waals surface area contributed by atoms with Gasteiger partial charge in [-0.2, -0.15) is 0 Å². The summed E-state index contributed by atoms with van der Waals surface area (Å²) in [6.45, 7) is 15.0. The fraction of sp³-hybridized carbons (Fsp3) is 0.731. The second-order valence-electron chi connectivity index (χ2n) is 11.5. The number of ether oxygens (including phenoxy) is 1. The third-order valence-electron chi connectivity index (χ3n) is 7.29. The van der Waals surface area contributed by atoms with Gasteiger partial charge in [0.15, 0.2) is 0 Å². The van der Waals surface area contributed by atoms with Crippen molar-refractivity contribution in [2.45, 2.75) is 109 Å². The van der Waals surface area contributed by atoms with Crippen molar-refractivity contribution in [2.75, 3.05) is 13.2 Å². The Kier molecular flexibility index (Phi) is 7.99. The maximum Gasteiger partial charge on any atom is 0.494 e. The number of hydrogen-bond acceptors (Lipinski definition) is 5. The molecule has 1 unspecified atom stereocenters. The van der Waals surface area contributed by atoms with Crippen molar-refractivity contribution < 1.29 is 23.9 Å². The molecule has 7 heteroatoms. The summed E-state index contributed by atoms with van der Waals surface area (Å²) in [5.41, 5.74) is 1.03. The van der Waals surface area contributed by atoms with Crippen molar-refractivity contribution in [1.82, 2.24) is 4.90 Å². The van der Waals surface area contributed by atoms with Crippen LogP contribution < -0.4 is 5.46 Å². The molecule has 33 heavy (non-hydrogen) atoms. The van der Waals surface area contributed by atoms with E-state index in [0.717, 1.165) is 43.1 Å². The zero-order chi connectivity index (χ0) is 24.4. The van der Waals surface area contributed by atoms with Gasteiger partial charge >= 0.3 is 13.1 Å². The number of benzene rings is 1. The van der Waals surface area contributed by atoms with Gasteiger partial charge in [-0.25, -0.2) is 0 Å². The maximum absolute atomic E-state index is 12.2. The lowest BCUT2D eigenvalue weighted by Crippen LogP contribution is -2.50. The van der Waals surface area contributed by atoms with Gasteiger partial charge in [-0.05, 0) is 78.8 Å². The van der Waals surface area contributed by atoms with Crippen LogP contribution in [-0.2, 0) is 25.3 Å². The van der Waals surface area contributed by atoms with E-state index in [0.29, 0.717) is 12.6 Å². The molecule has 1 aromatic rings. The van der Waals surface area contributed by atoms with Gasteiger partial charge in [0, 0.05) is 12.6 Å². The number of carbonyl (C=O) groups is 1. The Morgan fingerprint density at radius 2 is 1.79 bits per heavy atom. The number of nitrogens with zero attached hydrogens (tertiary/aromatic N) is 1. The van der Waals surface area contributed by atoms with Crippen LogP contribution in [0.5, 0.6) is 0 Å². The van der Waals surface area contributed by atoms with Crippen LogP contribution in [0, 0.1) is 0 Å². The van der Waals surface area contributed by atoms with Crippen molar-refractivity contribution in [3.8, 4) is 0 Å². The molecule has 2 aliphatic rings. The molecule has 6 nitrogen and oxygen atoms in total. The minimum atomic E-state index is -0.808. The van der Waals surface area contributed by atoms with Gasteiger partial charge in [0.2, 0.25) is 0 Å². The van der Waals surface area contributed by atoms with Crippen LogP contribution in [0.3, 0.4) is 0 Å². The summed E-state index contributed by atoms with van der Waals surface area (Å²) in [5.74, 6) is -0.808. The fourth-order valence-electron chi connectivity index (χ4n) is 4.60. The molecule has 1 aliphatic heterocycles. The van der Waals surface area contributed by atoms with Gasteiger partial charge in [0.25, 0.3) is 0 Å². The zero-order valence-electron chi connectivity index (χ0n) is 21.5. The summed E-state index contributed by atoms with van der Waals surface area (Å²) in [5, 5.41) is 10.0. The molecule has 1 saturated carbocycles. The van der Waals surface area contributed by atoms with Gasteiger partial charge in [-0.3, -0.25) is 9.69 Å². The van der Waals surface area contributed by atoms with Gasteiger partial charge in [-0.1, -0.05) is 37.1 Å². The lowest BCUT2D eigenvalue weighted by molar-refractivity contribution is -0.149. The average Bonchev–Trinajstić information content (AvgIpc) is 3.29. The Balaban J connectivity index is 1.73. The quantitative estimate of drug-likeness (QED) is 0.563. The standard InChI is InChI=1S/C26H42BNO5/c1-24(2,3)31-18-22(23(29)30)28(21-13-8-9-14-21)16-15-19-11-10-12-20(17-19)27-32-25(4,5)26(6,7)33-27/h10-12,17,21-22H,8-9,13-16,18H2,1-7H3,(H,29,30). The monoisotopic (exact) mass is 459 g/mol. The van der Waals surface area contributed by atoms with Crippen molar-refractivity contribution in [2.24, 2.45) is 0 Å². The summed E-state index contributed by atoms with van der Waals surface area (Å²) in [6.07, 6.45) is 5.18. The molecular formula is C26H42BNO5. The smallest absolute Gasteiger partial charge is 0.480 e. The number of aliphatic carboxylic acids is 1. The molecule has 0 spiro atoms. The van der Waals surface area contributed by atoms with Gasteiger partial charge in [0.1, 0.15) is 6.04 Å². The Bertz CT molecular complexity index is 797. The van der Waals surface area contributed by atoms with Gasteiger partial charge < -0.3 is 19.2 Å². The van der Waals surface area contributed by atoms with Crippen molar-refractivity contribution >= 4 is 18.6 Å². The van der Waals surface area contributed by atoms with E-state index in [1.165, 1.54) is 0 Å². The van der Waals surface area contributed by atoms with Crippen LogP contribution in [0.4, 0.5) is 0 Å². The molecule has 1 aliphatic carbocycles. The second kappa shape index (κ2) is 10.1. The van der Waals surface area contributed by atoms with Crippen molar-refractivity contribution in [3.05, 3.63) is 29.8 Å². The molecule has 184 valence electrons. The third-order valence-corrected chi connectivity index (χ3v) is 7.29. The van der Waals surface area contributed by atoms with Crippen LogP contribution in [-0.4, -0.2) is 65.1 Å². The molecular weight excluding hydrogens is 417 g/mol. The first kappa shape index (κ1) is 26.2. The van der Waals surface area contributed by atoms with E-state index in [2.05, 4.69) is 44.7 Å². The summed E-state index contributed by atoms with van der Waals surface area (Å²) < 4.78 is 18.4. The Labute approximate surface area is 200 Å². The van der Waals surface area contributed by atoms with Crippen LogP contribution in [0.2, 0.25) is 0 Å². The molecule has 0 radical (unpaired) electrons. The van der Waals surface area contributed by atoms with E-state index in [9.17, 15) is 9.90 Å². The molecule has 1 N–H and O–H groups in total. The topological polar surface area (TPSA) is 68.2 Å². The molecule has 2 fully saturated rings. The van der Waals surface area contributed by atoms with Crippen LogP contribution >= 0.6 is 0 Å². The Morgan fingerprint density at radius 3 is 2.33 bits per heavy atom. The normalized spacial score (nSPS) is 21.6.